The van der Waals surface area contributed by atoms with Gasteiger partial charge in [-0.3, -0.25) is 14.9 Å². The predicted molar refractivity (Wildman–Crippen MR) is 78.2 cm³/mol. The maximum Gasteiger partial charge on any atom is 0.413 e. The number of hydrogen-bond donors (Lipinski definition) is 1. The Kier molecular flexibility index (Phi) is 5.18. The summed E-state index contributed by atoms with van der Waals surface area (Å²) in [6.45, 7) is 8.29. The van der Waals surface area contributed by atoms with Crippen molar-refractivity contribution in [1.29, 1.82) is 0 Å². The summed E-state index contributed by atoms with van der Waals surface area (Å²) in [6.07, 6.45) is 0.877. The Hall–Kier alpha value is -2.24. The molecule has 0 bridgehead atoms. The van der Waals surface area contributed by atoms with Crippen LogP contribution in [0.25, 0.3) is 0 Å². The van der Waals surface area contributed by atoms with Crippen molar-refractivity contribution in [3.63, 3.8) is 0 Å². The van der Waals surface area contributed by atoms with E-state index in [1.54, 1.807) is 33.8 Å². The van der Waals surface area contributed by atoms with Crippen LogP contribution in [0.5, 0.6) is 0 Å². The lowest BCUT2D eigenvalue weighted by atomic mass is 10.1. The van der Waals surface area contributed by atoms with Gasteiger partial charge in [-0.05, 0) is 38.8 Å². The Bertz CT molecular complexity index is 574. The van der Waals surface area contributed by atoms with Gasteiger partial charge >= 0.3 is 6.09 Å². The first-order valence-corrected chi connectivity index (χ1v) is 6.58. The summed E-state index contributed by atoms with van der Waals surface area (Å²) < 4.78 is 5.13. The van der Waals surface area contributed by atoms with Gasteiger partial charge in [-0.25, -0.2) is 9.78 Å². The van der Waals surface area contributed by atoms with Gasteiger partial charge in [0.1, 0.15) is 11.4 Å². The molecule has 0 saturated carbocycles. The van der Waals surface area contributed by atoms with E-state index in [9.17, 15) is 14.4 Å². The van der Waals surface area contributed by atoms with Crippen LogP contribution >= 0.6 is 0 Å². The molecular formula is C15H20N2O4. The first-order chi connectivity index (χ1) is 9.58. The molecule has 114 valence electrons. The van der Waals surface area contributed by atoms with Crippen LogP contribution in [-0.4, -0.2) is 28.2 Å². The fourth-order valence-electron chi connectivity index (χ4n) is 1.57. The van der Waals surface area contributed by atoms with E-state index in [4.69, 9.17) is 4.74 Å². The summed E-state index contributed by atoms with van der Waals surface area (Å²) in [5, 5.41) is 2.55. The zero-order valence-electron chi connectivity index (χ0n) is 12.9. The number of anilines is 1. The van der Waals surface area contributed by atoms with Crippen LogP contribution in [0.4, 0.5) is 10.6 Å². The fraction of sp³-hybridized carbons (Fsp3) is 0.467. The highest BCUT2D eigenvalue weighted by atomic mass is 16.6. The lowest BCUT2D eigenvalue weighted by molar-refractivity contribution is -0.134. The number of aromatic nitrogens is 1. The molecule has 6 nitrogen and oxygen atoms in total. The highest BCUT2D eigenvalue weighted by molar-refractivity contribution is 6.36. The molecule has 1 amide bonds. The van der Waals surface area contributed by atoms with Gasteiger partial charge in [-0.15, -0.1) is 0 Å². The Morgan fingerprint density at radius 1 is 1.29 bits per heavy atom. The number of amides is 1. The number of nitrogens with one attached hydrogen (secondary N) is 1. The molecule has 0 aliphatic rings. The lowest BCUT2D eigenvalue weighted by Crippen LogP contribution is -2.27. The van der Waals surface area contributed by atoms with E-state index in [-0.39, 0.29) is 6.42 Å². The number of nitrogens with zero attached hydrogens (tertiary/aromatic N) is 1. The molecule has 1 aromatic rings. The summed E-state index contributed by atoms with van der Waals surface area (Å²) in [5.74, 6) is -0.587. The van der Waals surface area contributed by atoms with Crippen LogP contribution in [0, 0.1) is 6.92 Å². The second kappa shape index (κ2) is 6.47. The van der Waals surface area contributed by atoms with E-state index >= 15 is 0 Å². The maximum absolute atomic E-state index is 11.7. The minimum atomic E-state index is -0.592. The molecular weight excluding hydrogens is 272 g/mol. The second-order valence-corrected chi connectivity index (χ2v) is 5.79. The van der Waals surface area contributed by atoms with Crippen molar-refractivity contribution in [2.24, 2.45) is 0 Å². The number of hydrogen-bond acceptors (Lipinski definition) is 5. The molecule has 0 fully saturated rings. The zero-order valence-corrected chi connectivity index (χ0v) is 12.9. The zero-order chi connectivity index (χ0) is 16.2. The van der Waals surface area contributed by atoms with Gasteiger partial charge in [0, 0.05) is 19.5 Å². The maximum atomic E-state index is 11.7. The molecule has 1 aromatic heterocycles. The molecule has 0 radical (unpaired) electrons. The molecule has 0 aliphatic carbocycles. The molecule has 0 saturated heterocycles. The first-order valence-electron chi connectivity index (χ1n) is 6.58. The molecule has 1 heterocycles. The minimum Gasteiger partial charge on any atom is -0.444 e. The van der Waals surface area contributed by atoms with Crippen molar-refractivity contribution in [2.45, 2.75) is 46.6 Å². The predicted octanol–water partition coefficient (Wildman–Crippen LogP) is 2.44. The van der Waals surface area contributed by atoms with E-state index in [0.29, 0.717) is 16.9 Å². The molecule has 0 atom stereocenters. The number of Topliss-reactive ketones (excluding diaryl/α,β-unsaturated/α-hetero) is 2. The third-order valence-electron chi connectivity index (χ3n) is 2.51. The fourth-order valence-corrected chi connectivity index (χ4v) is 1.57. The molecule has 0 unspecified atom stereocenters. The van der Waals surface area contributed by atoms with Crippen molar-refractivity contribution in [1.82, 2.24) is 4.98 Å². The number of aryl methyl sites for hydroxylation is 1. The van der Waals surface area contributed by atoms with Crippen LogP contribution in [-0.2, 0) is 20.7 Å². The van der Waals surface area contributed by atoms with Gasteiger partial charge in [0.2, 0.25) is 5.78 Å². The van der Waals surface area contributed by atoms with Crippen LogP contribution in [0.1, 0.15) is 38.8 Å². The Labute approximate surface area is 123 Å². The Morgan fingerprint density at radius 2 is 1.90 bits per heavy atom. The molecule has 1 N–H and O–H groups in total. The highest BCUT2D eigenvalue weighted by Gasteiger charge is 2.17. The number of rotatable bonds is 4. The van der Waals surface area contributed by atoms with Crippen molar-refractivity contribution >= 4 is 23.5 Å². The van der Waals surface area contributed by atoms with Crippen molar-refractivity contribution < 1.29 is 19.1 Å². The average Bonchev–Trinajstić information content (AvgIpc) is 2.30. The standard InChI is InChI=1S/C15H20N2O4/c1-9-6-11(7-12(19)10(2)18)8-16-13(9)17-14(20)21-15(3,4)5/h6,8H,7H2,1-5H3,(H,16,17,20). The van der Waals surface area contributed by atoms with Crippen molar-refractivity contribution in [2.75, 3.05) is 5.32 Å². The third kappa shape index (κ3) is 5.72. The topological polar surface area (TPSA) is 85.4 Å². The van der Waals surface area contributed by atoms with E-state index in [2.05, 4.69) is 10.3 Å². The summed E-state index contributed by atoms with van der Waals surface area (Å²) in [5.41, 5.74) is 0.725. The van der Waals surface area contributed by atoms with Gasteiger partial charge in [-0.1, -0.05) is 6.07 Å². The van der Waals surface area contributed by atoms with Crippen LogP contribution in [0.15, 0.2) is 12.3 Å². The van der Waals surface area contributed by atoms with E-state index in [1.165, 1.54) is 13.1 Å². The van der Waals surface area contributed by atoms with Crippen molar-refractivity contribution in [3.8, 4) is 0 Å². The van der Waals surface area contributed by atoms with E-state index < -0.39 is 23.3 Å². The van der Waals surface area contributed by atoms with Gasteiger partial charge in [-0.2, -0.15) is 0 Å². The molecule has 0 aromatic carbocycles. The van der Waals surface area contributed by atoms with Gasteiger partial charge < -0.3 is 4.74 Å². The quantitative estimate of drug-likeness (QED) is 0.861. The third-order valence-corrected chi connectivity index (χ3v) is 2.51. The van der Waals surface area contributed by atoms with E-state index in [0.717, 1.165) is 0 Å². The summed E-state index contributed by atoms with van der Waals surface area (Å²) in [7, 11) is 0. The molecule has 0 spiro atoms. The number of carbonyl (C=O) groups is 3. The lowest BCUT2D eigenvalue weighted by Gasteiger charge is -2.19. The second-order valence-electron chi connectivity index (χ2n) is 5.79. The monoisotopic (exact) mass is 292 g/mol. The molecule has 1 rings (SSSR count). The number of ketones is 2. The highest BCUT2D eigenvalue weighted by Crippen LogP contribution is 2.15. The van der Waals surface area contributed by atoms with E-state index in [1.807, 2.05) is 0 Å². The van der Waals surface area contributed by atoms with Crippen molar-refractivity contribution in [3.05, 3.63) is 23.4 Å². The van der Waals surface area contributed by atoms with Crippen LogP contribution < -0.4 is 5.32 Å². The number of ether oxygens (including phenoxy) is 1. The minimum absolute atomic E-state index is 0.00981. The largest absolute Gasteiger partial charge is 0.444 e. The number of carbonyl (C=O) groups excluding carboxylic acids is 3. The first kappa shape index (κ1) is 16.8. The van der Waals surface area contributed by atoms with Crippen LogP contribution in [0.2, 0.25) is 0 Å². The summed E-state index contributed by atoms with van der Waals surface area (Å²) >= 11 is 0. The van der Waals surface area contributed by atoms with Gasteiger partial charge in [0.05, 0.1) is 0 Å². The summed E-state index contributed by atoms with van der Waals surface area (Å²) in [4.78, 5) is 38.1. The summed E-state index contributed by atoms with van der Waals surface area (Å²) in [6, 6.07) is 1.71. The van der Waals surface area contributed by atoms with Crippen LogP contribution in [0.3, 0.4) is 0 Å². The Balaban J connectivity index is 2.77. The molecule has 21 heavy (non-hydrogen) atoms. The van der Waals surface area contributed by atoms with Gasteiger partial charge in [0.15, 0.2) is 5.78 Å². The normalized spacial score (nSPS) is 10.9. The Morgan fingerprint density at radius 3 is 2.38 bits per heavy atom. The molecule has 6 heteroatoms. The smallest absolute Gasteiger partial charge is 0.413 e. The molecule has 0 aliphatic heterocycles. The van der Waals surface area contributed by atoms with Gasteiger partial charge in [0.25, 0.3) is 0 Å². The number of pyridine rings is 1. The SMILES string of the molecule is CC(=O)C(=O)Cc1cnc(NC(=O)OC(C)(C)C)c(C)c1. The average molecular weight is 292 g/mol.